The maximum atomic E-state index is 12.2. The lowest BCUT2D eigenvalue weighted by molar-refractivity contribution is -0.150. The van der Waals surface area contributed by atoms with E-state index in [9.17, 15) is 14.4 Å². The van der Waals surface area contributed by atoms with Gasteiger partial charge in [-0.25, -0.2) is 4.79 Å². The molecule has 0 bridgehead atoms. The summed E-state index contributed by atoms with van der Waals surface area (Å²) in [4.78, 5) is 35.6. The number of rotatable bonds is 3. The molecule has 0 unspecified atom stereocenters. The standard InChI is InChI=1S/C15H17NO4/c1-20-14(19)15(9-7-12(17)8-10-15)16-13(18)11-5-3-2-4-6-11/h2-6H,7-10H2,1H3,(H,16,18). The van der Waals surface area contributed by atoms with Crippen LogP contribution in [0.2, 0.25) is 0 Å². The highest BCUT2D eigenvalue weighted by Crippen LogP contribution is 2.28. The Morgan fingerprint density at radius 1 is 1.15 bits per heavy atom. The first-order chi connectivity index (χ1) is 9.57. The number of benzene rings is 1. The molecular weight excluding hydrogens is 258 g/mol. The number of amides is 1. The number of carbonyl (C=O) groups excluding carboxylic acids is 3. The fourth-order valence-electron chi connectivity index (χ4n) is 2.41. The molecule has 20 heavy (non-hydrogen) atoms. The smallest absolute Gasteiger partial charge is 0.331 e. The molecule has 1 aliphatic rings. The summed E-state index contributed by atoms with van der Waals surface area (Å²) in [6, 6.07) is 8.67. The van der Waals surface area contributed by atoms with Gasteiger partial charge >= 0.3 is 5.97 Å². The Morgan fingerprint density at radius 2 is 1.75 bits per heavy atom. The third kappa shape index (κ3) is 2.87. The SMILES string of the molecule is COC(=O)C1(NC(=O)c2ccccc2)CCC(=O)CC1. The van der Waals surface area contributed by atoms with Gasteiger partial charge in [0.25, 0.3) is 5.91 Å². The van der Waals surface area contributed by atoms with Crippen molar-refractivity contribution in [1.82, 2.24) is 5.32 Å². The van der Waals surface area contributed by atoms with Crippen molar-refractivity contribution in [2.45, 2.75) is 31.2 Å². The quantitative estimate of drug-likeness (QED) is 0.848. The molecule has 1 aromatic rings. The molecule has 1 fully saturated rings. The molecule has 1 N–H and O–H groups in total. The molecule has 0 radical (unpaired) electrons. The number of ketones is 1. The van der Waals surface area contributed by atoms with E-state index in [1.807, 2.05) is 6.07 Å². The molecule has 2 rings (SSSR count). The van der Waals surface area contributed by atoms with Gasteiger partial charge in [-0.15, -0.1) is 0 Å². The predicted octanol–water partition coefficient (Wildman–Crippen LogP) is 1.47. The summed E-state index contributed by atoms with van der Waals surface area (Å²) >= 11 is 0. The van der Waals surface area contributed by atoms with Crippen LogP contribution in [0.5, 0.6) is 0 Å². The van der Waals surface area contributed by atoms with E-state index >= 15 is 0 Å². The molecule has 0 spiro atoms. The zero-order chi connectivity index (χ0) is 14.6. The van der Waals surface area contributed by atoms with Crippen molar-refractivity contribution in [2.24, 2.45) is 0 Å². The van der Waals surface area contributed by atoms with Gasteiger partial charge in [0.05, 0.1) is 7.11 Å². The topological polar surface area (TPSA) is 72.5 Å². The molecule has 106 valence electrons. The van der Waals surface area contributed by atoms with Crippen LogP contribution in [-0.2, 0) is 14.3 Å². The van der Waals surface area contributed by atoms with Crippen molar-refractivity contribution in [1.29, 1.82) is 0 Å². The molecule has 5 nitrogen and oxygen atoms in total. The third-order valence-electron chi connectivity index (χ3n) is 3.63. The lowest BCUT2D eigenvalue weighted by Crippen LogP contribution is -2.57. The first-order valence-electron chi connectivity index (χ1n) is 6.55. The van der Waals surface area contributed by atoms with Crippen molar-refractivity contribution >= 4 is 17.7 Å². The Hall–Kier alpha value is -2.17. The summed E-state index contributed by atoms with van der Waals surface area (Å²) in [6.45, 7) is 0. The Kier molecular flexibility index (Phi) is 4.17. The normalized spacial score (nSPS) is 17.4. The van der Waals surface area contributed by atoms with Crippen LogP contribution in [0.1, 0.15) is 36.0 Å². The van der Waals surface area contributed by atoms with E-state index in [1.54, 1.807) is 24.3 Å². The van der Waals surface area contributed by atoms with Crippen LogP contribution >= 0.6 is 0 Å². The number of nitrogens with one attached hydrogen (secondary N) is 1. The average molecular weight is 275 g/mol. The highest BCUT2D eigenvalue weighted by molar-refractivity contribution is 5.99. The Labute approximate surface area is 117 Å². The second-order valence-corrected chi connectivity index (χ2v) is 4.93. The van der Waals surface area contributed by atoms with Crippen LogP contribution in [0.15, 0.2) is 30.3 Å². The van der Waals surface area contributed by atoms with Gasteiger partial charge in [-0.1, -0.05) is 18.2 Å². The van der Waals surface area contributed by atoms with E-state index in [2.05, 4.69) is 5.32 Å². The second-order valence-electron chi connectivity index (χ2n) is 4.93. The molecule has 1 aliphatic carbocycles. The van der Waals surface area contributed by atoms with E-state index in [-0.39, 0.29) is 37.4 Å². The number of ether oxygens (including phenoxy) is 1. The summed E-state index contributed by atoms with van der Waals surface area (Å²) < 4.78 is 4.80. The van der Waals surface area contributed by atoms with Gasteiger partial charge in [0.1, 0.15) is 11.3 Å². The number of methoxy groups -OCH3 is 1. The van der Waals surface area contributed by atoms with E-state index in [0.717, 1.165) is 0 Å². The van der Waals surface area contributed by atoms with Crippen LogP contribution in [0.4, 0.5) is 0 Å². The largest absolute Gasteiger partial charge is 0.467 e. The third-order valence-corrected chi connectivity index (χ3v) is 3.63. The fourth-order valence-corrected chi connectivity index (χ4v) is 2.41. The monoisotopic (exact) mass is 275 g/mol. The van der Waals surface area contributed by atoms with Crippen LogP contribution in [-0.4, -0.2) is 30.3 Å². The maximum Gasteiger partial charge on any atom is 0.331 e. The Balaban J connectivity index is 2.19. The van der Waals surface area contributed by atoms with E-state index < -0.39 is 11.5 Å². The molecule has 0 aromatic heterocycles. The molecule has 1 amide bonds. The van der Waals surface area contributed by atoms with Crippen molar-refractivity contribution in [3.8, 4) is 0 Å². The van der Waals surface area contributed by atoms with Crippen LogP contribution < -0.4 is 5.32 Å². The maximum absolute atomic E-state index is 12.2. The molecular formula is C15H17NO4. The van der Waals surface area contributed by atoms with Gasteiger partial charge in [0, 0.05) is 18.4 Å². The van der Waals surface area contributed by atoms with Crippen molar-refractivity contribution in [2.75, 3.05) is 7.11 Å². The van der Waals surface area contributed by atoms with Crippen LogP contribution in [0.3, 0.4) is 0 Å². The van der Waals surface area contributed by atoms with Gasteiger partial charge in [-0.05, 0) is 25.0 Å². The molecule has 0 aliphatic heterocycles. The summed E-state index contributed by atoms with van der Waals surface area (Å²) in [5.74, 6) is -0.710. The summed E-state index contributed by atoms with van der Waals surface area (Å²) in [5, 5.41) is 2.75. The lowest BCUT2D eigenvalue weighted by atomic mass is 9.80. The fraction of sp³-hybridized carbons (Fsp3) is 0.400. The van der Waals surface area contributed by atoms with E-state index in [0.29, 0.717) is 5.56 Å². The number of Topliss-reactive ketones (excluding diaryl/α,β-unsaturated/α-hetero) is 1. The minimum atomic E-state index is -1.09. The van der Waals surface area contributed by atoms with Gasteiger partial charge < -0.3 is 10.1 Å². The number of hydrogen-bond acceptors (Lipinski definition) is 4. The minimum Gasteiger partial charge on any atom is -0.467 e. The van der Waals surface area contributed by atoms with Crippen LogP contribution in [0, 0.1) is 0 Å². The number of hydrogen-bond donors (Lipinski definition) is 1. The molecule has 0 heterocycles. The predicted molar refractivity (Wildman–Crippen MR) is 72.1 cm³/mol. The number of esters is 1. The highest BCUT2D eigenvalue weighted by atomic mass is 16.5. The Bertz CT molecular complexity index is 514. The summed E-state index contributed by atoms with van der Waals surface area (Å²) in [6.07, 6.45) is 1.14. The van der Waals surface area contributed by atoms with Crippen LogP contribution in [0.25, 0.3) is 0 Å². The second kappa shape index (κ2) is 5.86. The molecule has 5 heteroatoms. The molecule has 0 atom stereocenters. The van der Waals surface area contributed by atoms with E-state index in [1.165, 1.54) is 7.11 Å². The first kappa shape index (κ1) is 14.2. The zero-order valence-corrected chi connectivity index (χ0v) is 11.3. The highest BCUT2D eigenvalue weighted by Gasteiger charge is 2.43. The van der Waals surface area contributed by atoms with Crippen molar-refractivity contribution < 1.29 is 19.1 Å². The first-order valence-corrected chi connectivity index (χ1v) is 6.55. The number of carbonyl (C=O) groups is 3. The minimum absolute atomic E-state index is 0.110. The van der Waals surface area contributed by atoms with Crippen molar-refractivity contribution in [3.63, 3.8) is 0 Å². The molecule has 0 saturated heterocycles. The summed E-state index contributed by atoms with van der Waals surface area (Å²) in [7, 11) is 1.29. The van der Waals surface area contributed by atoms with Gasteiger partial charge in [0.15, 0.2) is 0 Å². The van der Waals surface area contributed by atoms with Gasteiger partial charge in [-0.3, -0.25) is 9.59 Å². The average Bonchev–Trinajstić information content (AvgIpc) is 2.49. The van der Waals surface area contributed by atoms with E-state index in [4.69, 9.17) is 4.74 Å². The lowest BCUT2D eigenvalue weighted by Gasteiger charge is -2.34. The zero-order valence-electron chi connectivity index (χ0n) is 11.3. The van der Waals surface area contributed by atoms with Crippen molar-refractivity contribution in [3.05, 3.63) is 35.9 Å². The van der Waals surface area contributed by atoms with Gasteiger partial charge in [0.2, 0.25) is 0 Å². The molecule has 1 saturated carbocycles. The van der Waals surface area contributed by atoms with Gasteiger partial charge in [-0.2, -0.15) is 0 Å². The summed E-state index contributed by atoms with van der Waals surface area (Å²) in [5.41, 5.74) is -0.608. The molecule has 1 aromatic carbocycles. The Morgan fingerprint density at radius 3 is 2.30 bits per heavy atom.